The third-order valence-corrected chi connectivity index (χ3v) is 5.05. The molecule has 0 aliphatic carbocycles. The van der Waals surface area contributed by atoms with E-state index in [4.69, 9.17) is 0 Å². The van der Waals surface area contributed by atoms with Gasteiger partial charge in [-0.3, -0.25) is 24.6 Å². The van der Waals surface area contributed by atoms with Crippen molar-refractivity contribution in [1.82, 2.24) is 15.2 Å². The van der Waals surface area contributed by atoms with Gasteiger partial charge in [0.05, 0.1) is 0 Å². The number of hydrogen-bond donors (Lipinski definition) is 3. The summed E-state index contributed by atoms with van der Waals surface area (Å²) >= 11 is 1.18. The molecule has 29 heavy (non-hydrogen) atoms. The smallest absolute Gasteiger partial charge is 0.270 e. The van der Waals surface area contributed by atoms with E-state index >= 15 is 0 Å². The highest BCUT2D eigenvalue weighted by molar-refractivity contribution is 7.14. The summed E-state index contributed by atoms with van der Waals surface area (Å²) in [6.07, 6.45) is 0.546. The monoisotopic (exact) mass is 417 g/mol. The fourth-order valence-electron chi connectivity index (χ4n) is 2.92. The van der Waals surface area contributed by atoms with Gasteiger partial charge in [0, 0.05) is 41.8 Å². The summed E-state index contributed by atoms with van der Waals surface area (Å²) in [6.45, 7) is 9.78. The highest BCUT2D eigenvalue weighted by Gasteiger charge is 2.16. The van der Waals surface area contributed by atoms with Crippen LogP contribution in [0.2, 0.25) is 0 Å². The summed E-state index contributed by atoms with van der Waals surface area (Å²) in [7, 11) is 0. The zero-order valence-corrected chi connectivity index (χ0v) is 17.9. The van der Waals surface area contributed by atoms with Gasteiger partial charge in [-0.25, -0.2) is 4.98 Å². The van der Waals surface area contributed by atoms with Gasteiger partial charge < -0.3 is 10.6 Å². The molecule has 2 rings (SSSR count). The first-order valence-corrected chi connectivity index (χ1v) is 10.3. The molecule has 3 N–H and O–H groups in total. The van der Waals surface area contributed by atoms with Crippen LogP contribution in [0.4, 0.5) is 10.8 Å². The minimum absolute atomic E-state index is 0.266. The van der Waals surface area contributed by atoms with E-state index in [1.54, 1.807) is 29.6 Å². The summed E-state index contributed by atoms with van der Waals surface area (Å²) in [4.78, 5) is 41.7. The van der Waals surface area contributed by atoms with Gasteiger partial charge in [-0.2, -0.15) is 0 Å². The molecule has 1 heterocycles. The van der Waals surface area contributed by atoms with Crippen molar-refractivity contribution in [3.8, 4) is 0 Å². The number of hydrogen-bond acceptors (Lipinski definition) is 6. The lowest BCUT2D eigenvalue weighted by atomic mass is 10.2. The molecule has 8 nitrogen and oxygen atoms in total. The lowest BCUT2D eigenvalue weighted by Crippen LogP contribution is -2.42. The van der Waals surface area contributed by atoms with E-state index in [0.29, 0.717) is 41.4 Å². The van der Waals surface area contributed by atoms with E-state index in [1.165, 1.54) is 11.3 Å². The normalized spacial score (nSPS) is 11.0. The molecular formula is C20H27N5O3S. The summed E-state index contributed by atoms with van der Waals surface area (Å²) in [6, 6.07) is 7.32. The van der Waals surface area contributed by atoms with Crippen LogP contribution >= 0.6 is 11.3 Å². The van der Waals surface area contributed by atoms with E-state index < -0.39 is 0 Å². The number of carbonyl (C=O) groups excluding carboxylic acids is 3. The van der Waals surface area contributed by atoms with Gasteiger partial charge in [0.25, 0.3) is 11.8 Å². The molecule has 0 aliphatic heterocycles. The molecule has 0 bridgehead atoms. The second-order valence-corrected chi connectivity index (χ2v) is 7.87. The molecule has 1 aromatic heterocycles. The molecule has 3 amide bonds. The van der Waals surface area contributed by atoms with Crippen LogP contribution in [-0.2, 0) is 4.79 Å². The van der Waals surface area contributed by atoms with Crippen LogP contribution in [0.1, 0.15) is 48.5 Å². The molecule has 156 valence electrons. The maximum atomic E-state index is 12.4. The number of nitrogens with zero attached hydrogens (tertiary/aromatic N) is 2. The number of amides is 3. The van der Waals surface area contributed by atoms with Crippen molar-refractivity contribution in [3.05, 3.63) is 40.9 Å². The van der Waals surface area contributed by atoms with E-state index in [2.05, 4.69) is 53.5 Å². The fourth-order valence-corrected chi connectivity index (χ4v) is 3.61. The molecule has 0 spiro atoms. The van der Waals surface area contributed by atoms with E-state index in [9.17, 15) is 14.4 Å². The van der Waals surface area contributed by atoms with Crippen molar-refractivity contribution in [3.63, 3.8) is 0 Å². The molecular weight excluding hydrogens is 390 g/mol. The molecule has 0 fully saturated rings. The number of thiazole rings is 1. The quantitative estimate of drug-likeness (QED) is 0.516. The van der Waals surface area contributed by atoms with Crippen LogP contribution < -0.4 is 16.0 Å². The average molecular weight is 418 g/mol. The van der Waals surface area contributed by atoms with E-state index in [1.807, 2.05) is 0 Å². The molecule has 9 heteroatoms. The third-order valence-electron chi connectivity index (χ3n) is 4.29. The number of anilines is 2. The Kier molecular flexibility index (Phi) is 8.29. The van der Waals surface area contributed by atoms with Crippen LogP contribution in [0.3, 0.4) is 0 Å². The molecule has 0 unspecified atom stereocenters. The Morgan fingerprint density at radius 3 is 2.55 bits per heavy atom. The average Bonchev–Trinajstić information content (AvgIpc) is 3.13. The highest BCUT2D eigenvalue weighted by atomic mass is 32.1. The van der Waals surface area contributed by atoms with Gasteiger partial charge >= 0.3 is 0 Å². The van der Waals surface area contributed by atoms with Crippen LogP contribution in [0, 0.1) is 0 Å². The van der Waals surface area contributed by atoms with Crippen molar-refractivity contribution in [1.29, 1.82) is 0 Å². The van der Waals surface area contributed by atoms with Gasteiger partial charge in [-0.15, -0.1) is 11.3 Å². The number of carbonyl (C=O) groups is 3. The standard InChI is InChI=1S/C20H27N5O3S/c1-13(2)25(14(3)4)9-8-21-19(28)17-11-29-20(23-17)24-18(27)15-6-5-7-16(10-15)22-12-26/h5-7,10-14H,8-9H2,1-4H3,(H,21,28)(H,22,26)(H,23,24,27). The minimum atomic E-state index is -0.370. The molecule has 0 atom stereocenters. The molecule has 0 aliphatic rings. The van der Waals surface area contributed by atoms with Crippen molar-refractivity contribution >= 4 is 40.4 Å². The van der Waals surface area contributed by atoms with Crippen molar-refractivity contribution < 1.29 is 14.4 Å². The lowest BCUT2D eigenvalue weighted by Gasteiger charge is -2.30. The van der Waals surface area contributed by atoms with Crippen molar-refractivity contribution in [2.75, 3.05) is 23.7 Å². The Labute approximate surface area is 174 Å². The minimum Gasteiger partial charge on any atom is -0.349 e. The van der Waals surface area contributed by atoms with Crippen LogP contribution in [0.5, 0.6) is 0 Å². The molecule has 0 saturated carbocycles. The van der Waals surface area contributed by atoms with Crippen LogP contribution in [0.25, 0.3) is 0 Å². The van der Waals surface area contributed by atoms with Gasteiger partial charge in [-0.05, 0) is 45.9 Å². The first kappa shape index (κ1) is 22.5. The Morgan fingerprint density at radius 2 is 1.90 bits per heavy atom. The predicted octanol–water partition coefficient (Wildman–Crippen LogP) is 2.81. The summed E-state index contributed by atoms with van der Waals surface area (Å²) in [5, 5.41) is 9.98. The SMILES string of the molecule is CC(C)N(CCNC(=O)c1csc(NC(=O)c2cccc(NC=O)c2)n1)C(C)C. The summed E-state index contributed by atoms with van der Waals surface area (Å²) < 4.78 is 0. The van der Waals surface area contributed by atoms with Crippen molar-refractivity contribution in [2.45, 2.75) is 39.8 Å². The third kappa shape index (κ3) is 6.65. The van der Waals surface area contributed by atoms with Crippen LogP contribution in [0.15, 0.2) is 29.6 Å². The molecule has 2 aromatic rings. The maximum Gasteiger partial charge on any atom is 0.270 e. The molecule has 1 aromatic carbocycles. The van der Waals surface area contributed by atoms with Gasteiger partial charge in [0.15, 0.2) is 5.13 Å². The van der Waals surface area contributed by atoms with Gasteiger partial charge in [0.1, 0.15) is 5.69 Å². The first-order chi connectivity index (χ1) is 13.8. The topological polar surface area (TPSA) is 103 Å². The second kappa shape index (κ2) is 10.7. The molecule has 0 saturated heterocycles. The Balaban J connectivity index is 1.91. The second-order valence-electron chi connectivity index (χ2n) is 7.02. The number of rotatable bonds is 10. The highest BCUT2D eigenvalue weighted by Crippen LogP contribution is 2.18. The zero-order chi connectivity index (χ0) is 21.4. The van der Waals surface area contributed by atoms with Gasteiger partial charge in [-0.1, -0.05) is 6.07 Å². The number of aromatic nitrogens is 1. The summed E-state index contributed by atoms with van der Waals surface area (Å²) in [5.74, 6) is -0.642. The Hall–Kier alpha value is -2.78. The molecule has 0 radical (unpaired) electrons. The number of nitrogens with one attached hydrogen (secondary N) is 3. The predicted molar refractivity (Wildman–Crippen MR) is 116 cm³/mol. The first-order valence-electron chi connectivity index (χ1n) is 9.43. The van der Waals surface area contributed by atoms with E-state index in [0.717, 1.165) is 6.54 Å². The Bertz CT molecular complexity index is 842. The van der Waals surface area contributed by atoms with Crippen molar-refractivity contribution in [2.24, 2.45) is 0 Å². The number of benzene rings is 1. The largest absolute Gasteiger partial charge is 0.349 e. The van der Waals surface area contributed by atoms with Crippen LogP contribution in [-0.4, -0.2) is 53.3 Å². The summed E-state index contributed by atoms with van der Waals surface area (Å²) in [5.41, 5.74) is 1.16. The lowest BCUT2D eigenvalue weighted by molar-refractivity contribution is -0.105. The maximum absolute atomic E-state index is 12.4. The fraction of sp³-hybridized carbons (Fsp3) is 0.400. The van der Waals surface area contributed by atoms with Gasteiger partial charge in [0.2, 0.25) is 6.41 Å². The Morgan fingerprint density at radius 1 is 1.17 bits per heavy atom. The zero-order valence-electron chi connectivity index (χ0n) is 17.1. The van der Waals surface area contributed by atoms with E-state index in [-0.39, 0.29) is 17.5 Å².